The molecule has 1 N–H and O–H groups in total. The molecule has 0 bridgehead atoms. The lowest BCUT2D eigenvalue weighted by Gasteiger charge is -2.09. The predicted molar refractivity (Wildman–Crippen MR) is 86.0 cm³/mol. The summed E-state index contributed by atoms with van der Waals surface area (Å²) in [6, 6.07) is 17.3. The molecule has 2 aromatic carbocycles. The number of hydrogen-bond donors (Lipinski definition) is 1. The van der Waals surface area contributed by atoms with Gasteiger partial charge in [-0.05, 0) is 36.2 Å². The average molecular weight is 299 g/mol. The lowest BCUT2D eigenvalue weighted by Crippen LogP contribution is -2.29. The first-order valence-electron chi connectivity index (χ1n) is 7.44. The van der Waals surface area contributed by atoms with Crippen LogP contribution in [0.4, 0.5) is 0 Å². The van der Waals surface area contributed by atoms with Crippen molar-refractivity contribution in [2.24, 2.45) is 0 Å². The Morgan fingerprint density at radius 2 is 1.59 bits per heavy atom. The van der Waals surface area contributed by atoms with E-state index in [1.54, 1.807) is 12.1 Å². The van der Waals surface area contributed by atoms with Gasteiger partial charge in [0.25, 0.3) is 5.91 Å². The Morgan fingerprint density at radius 1 is 0.955 bits per heavy atom. The topological polar surface area (TPSA) is 47.6 Å². The van der Waals surface area contributed by atoms with Crippen molar-refractivity contribution in [2.75, 3.05) is 13.2 Å². The normalized spacial score (nSPS) is 10.0. The Morgan fingerprint density at radius 3 is 2.23 bits per heavy atom. The predicted octanol–water partition coefficient (Wildman–Crippen LogP) is 3.17. The zero-order valence-electron chi connectivity index (χ0n) is 12.7. The van der Waals surface area contributed by atoms with Crippen LogP contribution in [-0.2, 0) is 11.4 Å². The van der Waals surface area contributed by atoms with Crippen molar-refractivity contribution < 1.29 is 14.3 Å². The van der Waals surface area contributed by atoms with Gasteiger partial charge in [-0.25, -0.2) is 0 Å². The zero-order chi connectivity index (χ0) is 15.6. The van der Waals surface area contributed by atoms with Crippen LogP contribution in [0.3, 0.4) is 0 Å². The summed E-state index contributed by atoms with van der Waals surface area (Å²) in [6.07, 6.45) is 0.916. The van der Waals surface area contributed by atoms with Crippen molar-refractivity contribution in [3.05, 3.63) is 60.2 Å². The maximum Gasteiger partial charge on any atom is 0.257 e. The van der Waals surface area contributed by atoms with E-state index in [2.05, 4.69) is 5.32 Å². The molecule has 0 unspecified atom stereocenters. The SMILES string of the molecule is CCCNC(=O)COc1ccc(OCc2ccccc2)cc1. The number of rotatable bonds is 8. The molecule has 2 rings (SSSR count). The molecular formula is C18H21NO3. The number of amides is 1. The molecule has 1 amide bonds. The van der Waals surface area contributed by atoms with Crippen molar-refractivity contribution >= 4 is 5.91 Å². The molecule has 4 heteroatoms. The van der Waals surface area contributed by atoms with Crippen LogP contribution in [-0.4, -0.2) is 19.1 Å². The minimum atomic E-state index is -0.105. The van der Waals surface area contributed by atoms with E-state index in [0.29, 0.717) is 18.9 Å². The van der Waals surface area contributed by atoms with Crippen molar-refractivity contribution in [3.8, 4) is 11.5 Å². The lowest BCUT2D eigenvalue weighted by molar-refractivity contribution is -0.123. The molecule has 2 aromatic rings. The second-order valence-electron chi connectivity index (χ2n) is 4.88. The molecule has 0 spiro atoms. The van der Waals surface area contributed by atoms with Crippen molar-refractivity contribution in [2.45, 2.75) is 20.0 Å². The standard InChI is InChI=1S/C18H21NO3/c1-2-12-19-18(20)14-22-17-10-8-16(9-11-17)21-13-15-6-4-3-5-7-15/h3-11H,2,12-14H2,1H3,(H,19,20). The molecule has 0 saturated carbocycles. The van der Waals surface area contributed by atoms with Gasteiger partial charge in [-0.3, -0.25) is 4.79 Å². The quantitative estimate of drug-likeness (QED) is 0.814. The van der Waals surface area contributed by atoms with Crippen LogP contribution in [0, 0.1) is 0 Å². The molecule has 0 radical (unpaired) electrons. The Bertz CT molecular complexity index is 567. The maximum atomic E-state index is 11.4. The van der Waals surface area contributed by atoms with Gasteiger partial charge in [-0.1, -0.05) is 37.3 Å². The van der Waals surface area contributed by atoms with E-state index < -0.39 is 0 Å². The van der Waals surface area contributed by atoms with Crippen LogP contribution in [0.1, 0.15) is 18.9 Å². The van der Waals surface area contributed by atoms with Crippen molar-refractivity contribution in [1.82, 2.24) is 5.32 Å². The molecule has 0 atom stereocenters. The third-order valence-electron chi connectivity index (χ3n) is 3.01. The molecule has 0 saturated heterocycles. The van der Waals surface area contributed by atoms with Gasteiger partial charge in [0.2, 0.25) is 0 Å². The third kappa shape index (κ3) is 5.48. The van der Waals surface area contributed by atoms with E-state index >= 15 is 0 Å². The summed E-state index contributed by atoms with van der Waals surface area (Å²) in [5.41, 5.74) is 1.12. The fourth-order valence-electron chi connectivity index (χ4n) is 1.84. The van der Waals surface area contributed by atoms with Crippen LogP contribution in [0.2, 0.25) is 0 Å². The molecule has 0 aromatic heterocycles. The Hall–Kier alpha value is -2.49. The van der Waals surface area contributed by atoms with E-state index in [0.717, 1.165) is 17.7 Å². The highest BCUT2D eigenvalue weighted by molar-refractivity contribution is 5.77. The lowest BCUT2D eigenvalue weighted by atomic mass is 10.2. The first kappa shape index (κ1) is 15.9. The largest absolute Gasteiger partial charge is 0.489 e. The van der Waals surface area contributed by atoms with E-state index in [1.807, 2.05) is 49.4 Å². The summed E-state index contributed by atoms with van der Waals surface area (Å²) in [7, 11) is 0. The Kier molecular flexibility index (Phi) is 6.30. The van der Waals surface area contributed by atoms with E-state index in [-0.39, 0.29) is 12.5 Å². The highest BCUT2D eigenvalue weighted by Gasteiger charge is 2.02. The molecule has 0 fully saturated rings. The highest BCUT2D eigenvalue weighted by atomic mass is 16.5. The second kappa shape index (κ2) is 8.72. The number of carbonyl (C=O) groups excluding carboxylic acids is 1. The van der Waals surface area contributed by atoms with E-state index in [4.69, 9.17) is 9.47 Å². The minimum absolute atomic E-state index is 0.0320. The Balaban J connectivity index is 1.76. The summed E-state index contributed by atoms with van der Waals surface area (Å²) < 4.78 is 11.1. The van der Waals surface area contributed by atoms with Gasteiger partial charge >= 0.3 is 0 Å². The zero-order valence-corrected chi connectivity index (χ0v) is 12.7. The van der Waals surface area contributed by atoms with Crippen LogP contribution in [0.5, 0.6) is 11.5 Å². The van der Waals surface area contributed by atoms with Gasteiger partial charge in [-0.2, -0.15) is 0 Å². The number of benzene rings is 2. The van der Waals surface area contributed by atoms with Crippen LogP contribution < -0.4 is 14.8 Å². The molecule has 4 nitrogen and oxygen atoms in total. The number of hydrogen-bond acceptors (Lipinski definition) is 3. The molecule has 116 valence electrons. The van der Waals surface area contributed by atoms with Crippen LogP contribution in [0.15, 0.2) is 54.6 Å². The van der Waals surface area contributed by atoms with Crippen LogP contribution >= 0.6 is 0 Å². The molecule has 0 heterocycles. The molecule has 0 aliphatic rings. The smallest absolute Gasteiger partial charge is 0.257 e. The summed E-state index contributed by atoms with van der Waals surface area (Å²) in [6.45, 7) is 3.24. The summed E-state index contributed by atoms with van der Waals surface area (Å²) in [5.74, 6) is 1.32. The van der Waals surface area contributed by atoms with Gasteiger partial charge < -0.3 is 14.8 Å². The van der Waals surface area contributed by atoms with Gasteiger partial charge in [0.1, 0.15) is 18.1 Å². The van der Waals surface area contributed by atoms with E-state index in [1.165, 1.54) is 0 Å². The molecular weight excluding hydrogens is 278 g/mol. The number of carbonyl (C=O) groups is 1. The van der Waals surface area contributed by atoms with Crippen molar-refractivity contribution in [1.29, 1.82) is 0 Å². The van der Waals surface area contributed by atoms with Gasteiger partial charge in [-0.15, -0.1) is 0 Å². The second-order valence-corrected chi connectivity index (χ2v) is 4.88. The maximum absolute atomic E-state index is 11.4. The summed E-state index contributed by atoms with van der Waals surface area (Å²) in [4.78, 5) is 11.4. The van der Waals surface area contributed by atoms with Gasteiger partial charge in [0.15, 0.2) is 6.61 Å². The first-order valence-corrected chi connectivity index (χ1v) is 7.44. The first-order chi connectivity index (χ1) is 10.8. The van der Waals surface area contributed by atoms with Crippen LogP contribution in [0.25, 0.3) is 0 Å². The van der Waals surface area contributed by atoms with Gasteiger partial charge in [0.05, 0.1) is 0 Å². The highest BCUT2D eigenvalue weighted by Crippen LogP contribution is 2.18. The Labute approximate surface area is 131 Å². The average Bonchev–Trinajstić information content (AvgIpc) is 2.58. The molecule has 22 heavy (non-hydrogen) atoms. The number of nitrogens with one attached hydrogen (secondary N) is 1. The summed E-state index contributed by atoms with van der Waals surface area (Å²) >= 11 is 0. The third-order valence-corrected chi connectivity index (χ3v) is 3.01. The summed E-state index contributed by atoms with van der Waals surface area (Å²) in [5, 5.41) is 2.76. The fourth-order valence-corrected chi connectivity index (χ4v) is 1.84. The monoisotopic (exact) mass is 299 g/mol. The fraction of sp³-hybridized carbons (Fsp3) is 0.278. The molecule has 0 aliphatic carbocycles. The van der Waals surface area contributed by atoms with Gasteiger partial charge in [0, 0.05) is 6.54 Å². The van der Waals surface area contributed by atoms with E-state index in [9.17, 15) is 4.79 Å². The minimum Gasteiger partial charge on any atom is -0.489 e. The number of ether oxygens (including phenoxy) is 2. The van der Waals surface area contributed by atoms with Crippen molar-refractivity contribution in [3.63, 3.8) is 0 Å². The molecule has 0 aliphatic heterocycles.